The van der Waals surface area contributed by atoms with Gasteiger partial charge in [0.05, 0.1) is 4.88 Å². The summed E-state index contributed by atoms with van der Waals surface area (Å²) in [4.78, 5) is 27.6. The highest BCUT2D eigenvalue weighted by molar-refractivity contribution is 7.14. The van der Waals surface area contributed by atoms with E-state index in [1.54, 1.807) is 18.0 Å². The lowest BCUT2D eigenvalue weighted by Crippen LogP contribution is -2.26. The minimum absolute atomic E-state index is 0.0255. The molecule has 0 bridgehead atoms. The molecule has 1 heterocycles. The van der Waals surface area contributed by atoms with Crippen LogP contribution in [0.25, 0.3) is 0 Å². The Hall–Kier alpha value is -1.65. The average molecular weight is 336 g/mol. The number of ketones is 1. The van der Waals surface area contributed by atoms with Crippen molar-refractivity contribution in [2.45, 2.75) is 26.3 Å². The van der Waals surface area contributed by atoms with Crippen LogP contribution in [-0.4, -0.2) is 23.6 Å². The number of hydrogen-bond acceptors (Lipinski definition) is 3. The molecule has 116 valence electrons. The van der Waals surface area contributed by atoms with Crippen molar-refractivity contribution in [2.24, 2.45) is 0 Å². The highest BCUT2D eigenvalue weighted by Gasteiger charge is 2.14. The molecule has 0 atom stereocenters. The van der Waals surface area contributed by atoms with Gasteiger partial charge in [-0.05, 0) is 30.7 Å². The SMILES string of the molecule is Cc1ccc(C(=O)CCC(=O)N(C)Cc2ccccc2Cl)s1. The summed E-state index contributed by atoms with van der Waals surface area (Å²) in [6, 6.07) is 11.2. The number of hydrogen-bond donors (Lipinski definition) is 0. The second kappa shape index (κ2) is 7.56. The lowest BCUT2D eigenvalue weighted by atomic mass is 10.1. The molecule has 0 unspecified atom stereocenters. The summed E-state index contributed by atoms with van der Waals surface area (Å²) in [5.41, 5.74) is 0.903. The Morgan fingerprint density at radius 2 is 1.86 bits per heavy atom. The molecule has 3 nitrogen and oxygen atoms in total. The van der Waals surface area contributed by atoms with E-state index >= 15 is 0 Å². The van der Waals surface area contributed by atoms with Crippen LogP contribution in [0.5, 0.6) is 0 Å². The number of thiophene rings is 1. The molecule has 5 heteroatoms. The van der Waals surface area contributed by atoms with Gasteiger partial charge in [0.25, 0.3) is 0 Å². The average Bonchev–Trinajstić information content (AvgIpc) is 2.93. The van der Waals surface area contributed by atoms with Crippen LogP contribution >= 0.6 is 22.9 Å². The van der Waals surface area contributed by atoms with Crippen LogP contribution in [0.1, 0.15) is 33.0 Å². The van der Waals surface area contributed by atoms with Crippen LogP contribution in [0.15, 0.2) is 36.4 Å². The number of amides is 1. The first-order valence-electron chi connectivity index (χ1n) is 7.04. The molecular formula is C17H18ClNO2S. The fraction of sp³-hybridized carbons (Fsp3) is 0.294. The standard InChI is InChI=1S/C17H18ClNO2S/c1-12-7-9-16(22-12)15(20)8-10-17(21)19(2)11-13-5-3-4-6-14(13)18/h3-7,9H,8,10-11H2,1-2H3. The summed E-state index contributed by atoms with van der Waals surface area (Å²) >= 11 is 7.56. The van der Waals surface area contributed by atoms with E-state index in [0.717, 1.165) is 15.3 Å². The number of aryl methyl sites for hydroxylation is 1. The Labute approximate surface area is 139 Å². The predicted octanol–water partition coefficient (Wildman–Crippen LogP) is 4.33. The van der Waals surface area contributed by atoms with Crippen molar-refractivity contribution in [3.05, 3.63) is 56.7 Å². The first kappa shape index (κ1) is 16.7. The molecule has 0 N–H and O–H groups in total. The quantitative estimate of drug-likeness (QED) is 0.737. The predicted molar refractivity (Wildman–Crippen MR) is 90.5 cm³/mol. The minimum Gasteiger partial charge on any atom is -0.341 e. The lowest BCUT2D eigenvalue weighted by molar-refractivity contribution is -0.130. The van der Waals surface area contributed by atoms with Crippen molar-refractivity contribution in [3.8, 4) is 0 Å². The van der Waals surface area contributed by atoms with Crippen LogP contribution < -0.4 is 0 Å². The molecule has 1 amide bonds. The maximum Gasteiger partial charge on any atom is 0.223 e. The van der Waals surface area contributed by atoms with Gasteiger partial charge < -0.3 is 4.90 Å². The molecule has 1 aromatic carbocycles. The van der Waals surface area contributed by atoms with Crippen LogP contribution in [0.2, 0.25) is 5.02 Å². The number of benzene rings is 1. The van der Waals surface area contributed by atoms with E-state index in [0.29, 0.717) is 11.6 Å². The van der Waals surface area contributed by atoms with Crippen molar-refractivity contribution in [3.63, 3.8) is 0 Å². The second-order valence-corrected chi connectivity index (χ2v) is 6.87. The zero-order chi connectivity index (χ0) is 16.1. The van der Waals surface area contributed by atoms with Crippen LogP contribution in [0, 0.1) is 6.92 Å². The van der Waals surface area contributed by atoms with Crippen LogP contribution in [-0.2, 0) is 11.3 Å². The van der Waals surface area contributed by atoms with Gasteiger partial charge in [0.1, 0.15) is 0 Å². The zero-order valence-electron chi connectivity index (χ0n) is 12.6. The molecule has 0 radical (unpaired) electrons. The monoisotopic (exact) mass is 335 g/mol. The van der Waals surface area contributed by atoms with E-state index in [9.17, 15) is 9.59 Å². The van der Waals surface area contributed by atoms with Crippen LogP contribution in [0.4, 0.5) is 0 Å². The van der Waals surface area contributed by atoms with Crippen molar-refractivity contribution in [1.82, 2.24) is 4.90 Å². The van der Waals surface area contributed by atoms with Gasteiger partial charge >= 0.3 is 0 Å². The Kier molecular flexibility index (Phi) is 5.75. The second-order valence-electron chi connectivity index (χ2n) is 5.17. The molecular weight excluding hydrogens is 318 g/mol. The van der Waals surface area contributed by atoms with Crippen molar-refractivity contribution in [2.75, 3.05) is 7.05 Å². The normalized spacial score (nSPS) is 10.5. The molecule has 22 heavy (non-hydrogen) atoms. The largest absolute Gasteiger partial charge is 0.341 e. The summed E-state index contributed by atoms with van der Waals surface area (Å²) in [6.07, 6.45) is 0.461. The fourth-order valence-electron chi connectivity index (χ4n) is 2.09. The number of Topliss-reactive ketones (excluding diaryl/α,β-unsaturated/α-hetero) is 1. The first-order valence-corrected chi connectivity index (χ1v) is 8.24. The van der Waals surface area contributed by atoms with Crippen molar-refractivity contribution < 1.29 is 9.59 Å². The highest BCUT2D eigenvalue weighted by atomic mass is 35.5. The number of halogens is 1. The molecule has 0 aliphatic rings. The Morgan fingerprint density at radius 1 is 1.14 bits per heavy atom. The number of rotatable bonds is 6. The molecule has 2 aromatic rings. The maximum atomic E-state index is 12.1. The van der Waals surface area contributed by atoms with Gasteiger partial charge in [-0.15, -0.1) is 11.3 Å². The molecule has 0 fully saturated rings. The van der Waals surface area contributed by atoms with Gasteiger partial charge in [-0.25, -0.2) is 0 Å². The van der Waals surface area contributed by atoms with Gasteiger partial charge in [0, 0.05) is 36.3 Å². The summed E-state index contributed by atoms with van der Waals surface area (Å²) in [5.74, 6) is -0.0286. The third-order valence-electron chi connectivity index (χ3n) is 3.37. The van der Waals surface area contributed by atoms with Gasteiger partial charge in [-0.1, -0.05) is 29.8 Å². The van der Waals surface area contributed by atoms with Crippen LogP contribution in [0.3, 0.4) is 0 Å². The van der Waals surface area contributed by atoms with Gasteiger partial charge in [0.2, 0.25) is 5.91 Å². The van der Waals surface area contributed by atoms with Crippen molar-refractivity contribution >= 4 is 34.6 Å². The van der Waals surface area contributed by atoms with Gasteiger partial charge in [0.15, 0.2) is 5.78 Å². The summed E-state index contributed by atoms with van der Waals surface area (Å²) in [7, 11) is 1.73. The molecule has 0 saturated carbocycles. The maximum absolute atomic E-state index is 12.1. The molecule has 2 rings (SSSR count). The molecule has 1 aromatic heterocycles. The Bertz CT molecular complexity index is 681. The Morgan fingerprint density at radius 3 is 2.50 bits per heavy atom. The summed E-state index contributed by atoms with van der Waals surface area (Å²) < 4.78 is 0. The summed E-state index contributed by atoms with van der Waals surface area (Å²) in [5, 5.41) is 0.646. The van der Waals surface area contributed by atoms with E-state index in [1.165, 1.54) is 11.3 Å². The van der Waals surface area contributed by atoms with Gasteiger partial charge in [-0.2, -0.15) is 0 Å². The smallest absolute Gasteiger partial charge is 0.223 e. The van der Waals surface area contributed by atoms with E-state index in [2.05, 4.69) is 0 Å². The third-order valence-corrected chi connectivity index (χ3v) is 4.78. The first-order chi connectivity index (χ1) is 10.5. The summed E-state index contributed by atoms with van der Waals surface area (Å²) in [6.45, 7) is 2.41. The van der Waals surface area contributed by atoms with Gasteiger partial charge in [-0.3, -0.25) is 9.59 Å². The molecule has 0 spiro atoms. The third kappa shape index (κ3) is 4.42. The van der Waals surface area contributed by atoms with E-state index in [4.69, 9.17) is 11.6 Å². The molecule has 0 aliphatic carbocycles. The van der Waals surface area contributed by atoms with E-state index in [-0.39, 0.29) is 24.5 Å². The molecule has 0 aliphatic heterocycles. The number of nitrogens with zero attached hydrogens (tertiary/aromatic N) is 1. The fourth-order valence-corrected chi connectivity index (χ4v) is 3.12. The topological polar surface area (TPSA) is 37.4 Å². The number of carbonyl (C=O) groups excluding carboxylic acids is 2. The Balaban J connectivity index is 1.86. The minimum atomic E-state index is -0.0541. The zero-order valence-corrected chi connectivity index (χ0v) is 14.2. The molecule has 0 saturated heterocycles. The lowest BCUT2D eigenvalue weighted by Gasteiger charge is -2.17. The highest BCUT2D eigenvalue weighted by Crippen LogP contribution is 2.19. The number of carbonyl (C=O) groups is 2. The van der Waals surface area contributed by atoms with Crippen molar-refractivity contribution in [1.29, 1.82) is 0 Å². The van der Waals surface area contributed by atoms with E-state index < -0.39 is 0 Å². The van der Waals surface area contributed by atoms with E-state index in [1.807, 2.05) is 37.3 Å².